The summed E-state index contributed by atoms with van der Waals surface area (Å²) in [6.45, 7) is 1.94. The van der Waals surface area contributed by atoms with Crippen molar-refractivity contribution < 1.29 is 0 Å². The highest BCUT2D eigenvalue weighted by Crippen LogP contribution is 2.15. The molecule has 68 valence electrons. The van der Waals surface area contributed by atoms with Gasteiger partial charge in [-0.1, -0.05) is 0 Å². The number of hydrogen-bond acceptors (Lipinski definition) is 3. The van der Waals surface area contributed by atoms with Crippen LogP contribution in [0.25, 0.3) is 5.65 Å². The van der Waals surface area contributed by atoms with Crippen molar-refractivity contribution in [1.29, 1.82) is 0 Å². The third-order valence-electron chi connectivity index (χ3n) is 2.14. The highest BCUT2D eigenvalue weighted by molar-refractivity contribution is 7.71. The van der Waals surface area contributed by atoms with Crippen molar-refractivity contribution in [1.82, 2.24) is 14.0 Å². The first-order valence-electron chi connectivity index (χ1n) is 3.91. The van der Waals surface area contributed by atoms with Gasteiger partial charge in [0.1, 0.15) is 11.5 Å². The minimum atomic E-state index is 0.499. The van der Waals surface area contributed by atoms with E-state index < -0.39 is 0 Å². The maximum Gasteiger partial charge on any atom is 0.207 e. The van der Waals surface area contributed by atoms with E-state index in [-0.39, 0.29) is 0 Å². The molecule has 0 bridgehead atoms. The van der Waals surface area contributed by atoms with Crippen molar-refractivity contribution in [3.63, 3.8) is 0 Å². The second-order valence-corrected chi connectivity index (χ2v) is 3.37. The molecule has 4 nitrogen and oxygen atoms in total. The molecule has 0 amide bonds. The molecule has 0 atom stereocenters. The zero-order chi connectivity index (χ0) is 9.59. The van der Waals surface area contributed by atoms with Gasteiger partial charge in [-0.05, 0) is 19.1 Å². The maximum atomic E-state index is 5.71. The third kappa shape index (κ3) is 1.04. The van der Waals surface area contributed by atoms with Crippen LogP contribution in [0.1, 0.15) is 5.56 Å². The summed E-state index contributed by atoms with van der Waals surface area (Å²) in [4.78, 5) is 4.06. The Hall–Kier alpha value is -1.36. The van der Waals surface area contributed by atoms with E-state index in [1.807, 2.05) is 35.3 Å². The Morgan fingerprint density at radius 2 is 2.15 bits per heavy atom. The van der Waals surface area contributed by atoms with E-state index in [1.165, 1.54) is 0 Å². The Balaban J connectivity index is 3.10. The molecule has 2 aromatic heterocycles. The van der Waals surface area contributed by atoms with Crippen LogP contribution in [-0.2, 0) is 7.05 Å². The number of fused-ring (bicyclic) bond motifs is 1. The van der Waals surface area contributed by atoms with Gasteiger partial charge in [-0.2, -0.15) is 0 Å². The van der Waals surface area contributed by atoms with Gasteiger partial charge < -0.3 is 10.3 Å². The van der Waals surface area contributed by atoms with Crippen LogP contribution < -0.4 is 5.73 Å². The van der Waals surface area contributed by atoms with Crippen LogP contribution in [0, 0.1) is 11.7 Å². The van der Waals surface area contributed by atoms with Crippen LogP contribution >= 0.6 is 12.2 Å². The summed E-state index contributed by atoms with van der Waals surface area (Å²) in [5.41, 5.74) is 7.67. The molecule has 2 aromatic rings. The summed E-state index contributed by atoms with van der Waals surface area (Å²) in [7, 11) is 1.95. The molecule has 0 aromatic carbocycles. The molecule has 0 fully saturated rings. The molecule has 2 rings (SSSR count). The van der Waals surface area contributed by atoms with Crippen LogP contribution in [-0.4, -0.2) is 14.0 Å². The van der Waals surface area contributed by atoms with Crippen LogP contribution in [0.4, 0.5) is 5.82 Å². The first kappa shape index (κ1) is 8.25. The fraction of sp³-hybridized carbons (Fsp3) is 0.250. The molecule has 0 radical (unpaired) electrons. The van der Waals surface area contributed by atoms with Gasteiger partial charge in [-0.15, -0.1) is 0 Å². The van der Waals surface area contributed by atoms with Gasteiger partial charge in [0, 0.05) is 25.0 Å². The Bertz CT molecular complexity index is 523. The second kappa shape index (κ2) is 2.56. The zero-order valence-corrected chi connectivity index (χ0v) is 8.30. The van der Waals surface area contributed by atoms with Crippen molar-refractivity contribution >= 4 is 23.7 Å². The molecule has 0 aliphatic carbocycles. The van der Waals surface area contributed by atoms with Gasteiger partial charge in [-0.3, -0.25) is 4.40 Å². The van der Waals surface area contributed by atoms with Crippen molar-refractivity contribution in [2.75, 3.05) is 5.73 Å². The minimum Gasteiger partial charge on any atom is -0.383 e. The maximum absolute atomic E-state index is 5.71. The molecular formula is C8H10N4S. The quantitative estimate of drug-likeness (QED) is 0.643. The number of nitrogens with two attached hydrogens (primary N) is 1. The highest BCUT2D eigenvalue weighted by Gasteiger charge is 2.05. The largest absolute Gasteiger partial charge is 0.383 e. The van der Waals surface area contributed by atoms with E-state index in [2.05, 4.69) is 4.98 Å². The smallest absolute Gasteiger partial charge is 0.207 e. The van der Waals surface area contributed by atoms with Crippen LogP contribution in [0.5, 0.6) is 0 Å². The number of aryl methyl sites for hydroxylation is 2. The predicted molar refractivity (Wildman–Crippen MR) is 54.1 cm³/mol. The van der Waals surface area contributed by atoms with Crippen LogP contribution in [0.15, 0.2) is 12.4 Å². The highest BCUT2D eigenvalue weighted by atomic mass is 32.1. The van der Waals surface area contributed by atoms with Gasteiger partial charge in [0.2, 0.25) is 4.77 Å². The predicted octanol–water partition coefficient (Wildman–Crippen LogP) is 1.29. The molecule has 13 heavy (non-hydrogen) atoms. The minimum absolute atomic E-state index is 0.499. The number of anilines is 1. The zero-order valence-electron chi connectivity index (χ0n) is 7.48. The SMILES string of the molecule is Cc1c(N)nc(=S)n2ccn(C)c12. The molecule has 0 saturated carbocycles. The van der Waals surface area contributed by atoms with E-state index >= 15 is 0 Å². The summed E-state index contributed by atoms with van der Waals surface area (Å²) >= 11 is 5.07. The van der Waals surface area contributed by atoms with E-state index in [4.69, 9.17) is 18.0 Å². The van der Waals surface area contributed by atoms with Crippen LogP contribution in [0.3, 0.4) is 0 Å². The molecule has 0 aliphatic rings. The number of nitrogen functional groups attached to an aromatic ring is 1. The molecule has 5 heteroatoms. The third-order valence-corrected chi connectivity index (χ3v) is 2.43. The first-order valence-corrected chi connectivity index (χ1v) is 4.32. The van der Waals surface area contributed by atoms with Gasteiger partial charge in [-0.25, -0.2) is 4.98 Å². The summed E-state index contributed by atoms with van der Waals surface area (Å²) in [6.07, 6.45) is 3.82. The Morgan fingerprint density at radius 3 is 2.85 bits per heavy atom. The Morgan fingerprint density at radius 1 is 1.46 bits per heavy atom. The van der Waals surface area contributed by atoms with Crippen molar-refractivity contribution in [2.45, 2.75) is 6.92 Å². The fourth-order valence-electron chi connectivity index (χ4n) is 1.43. The number of imidazole rings is 1. The van der Waals surface area contributed by atoms with E-state index in [9.17, 15) is 0 Å². The molecule has 0 aliphatic heterocycles. The Kier molecular flexibility index (Phi) is 1.63. The number of hydrogen-bond donors (Lipinski definition) is 1. The topological polar surface area (TPSA) is 48.2 Å². The monoisotopic (exact) mass is 194 g/mol. The van der Waals surface area contributed by atoms with Gasteiger partial charge in [0.05, 0.1) is 0 Å². The lowest BCUT2D eigenvalue weighted by Gasteiger charge is -2.04. The van der Waals surface area contributed by atoms with E-state index in [0.29, 0.717) is 10.6 Å². The van der Waals surface area contributed by atoms with Gasteiger partial charge in [0.25, 0.3) is 0 Å². The molecule has 2 N–H and O–H groups in total. The Labute approximate surface area is 80.6 Å². The van der Waals surface area contributed by atoms with Gasteiger partial charge in [0.15, 0.2) is 0 Å². The summed E-state index contributed by atoms with van der Waals surface area (Å²) < 4.78 is 4.32. The molecular weight excluding hydrogens is 184 g/mol. The lowest BCUT2D eigenvalue weighted by Crippen LogP contribution is -2.02. The average Bonchev–Trinajstić information content (AvgIpc) is 2.44. The van der Waals surface area contributed by atoms with E-state index in [0.717, 1.165) is 11.2 Å². The lowest BCUT2D eigenvalue weighted by atomic mass is 10.3. The first-order chi connectivity index (χ1) is 6.11. The average molecular weight is 194 g/mol. The number of aromatic nitrogens is 3. The summed E-state index contributed by atoms with van der Waals surface area (Å²) in [6, 6.07) is 0. The molecule has 0 unspecified atom stereocenters. The normalized spacial score (nSPS) is 10.9. The fourth-order valence-corrected chi connectivity index (χ4v) is 1.68. The second-order valence-electron chi connectivity index (χ2n) is 3.01. The molecule has 0 saturated heterocycles. The van der Waals surface area contributed by atoms with Crippen LogP contribution in [0.2, 0.25) is 0 Å². The molecule has 0 spiro atoms. The van der Waals surface area contributed by atoms with Crippen molar-refractivity contribution in [3.05, 3.63) is 22.7 Å². The van der Waals surface area contributed by atoms with E-state index in [1.54, 1.807) is 0 Å². The molecule has 2 heterocycles. The van der Waals surface area contributed by atoms with Crippen molar-refractivity contribution in [3.8, 4) is 0 Å². The van der Waals surface area contributed by atoms with Gasteiger partial charge >= 0.3 is 0 Å². The van der Waals surface area contributed by atoms with Crippen molar-refractivity contribution in [2.24, 2.45) is 7.05 Å². The summed E-state index contributed by atoms with van der Waals surface area (Å²) in [5, 5.41) is 0. The standard InChI is InChI=1S/C8H10N4S/c1-5-6(9)10-8(13)12-4-3-11(2)7(5)12/h3-4H,1-2H3,(H2,9,10,13). The summed E-state index contributed by atoms with van der Waals surface area (Å²) in [5.74, 6) is 0.506. The number of rotatable bonds is 0. The number of nitrogens with zero attached hydrogens (tertiary/aromatic N) is 3. The lowest BCUT2D eigenvalue weighted by molar-refractivity contribution is 0.931.